The van der Waals surface area contributed by atoms with Crippen LogP contribution in [0.3, 0.4) is 0 Å². The van der Waals surface area contributed by atoms with Crippen LogP contribution in [0.15, 0.2) is 42.6 Å². The van der Waals surface area contributed by atoms with Crippen LogP contribution in [0.2, 0.25) is 0 Å². The lowest BCUT2D eigenvalue weighted by Gasteiger charge is -2.53. The Labute approximate surface area is 123 Å². The van der Waals surface area contributed by atoms with Crippen molar-refractivity contribution in [2.24, 2.45) is 5.92 Å². The summed E-state index contributed by atoms with van der Waals surface area (Å²) in [5.41, 5.74) is 1.06. The van der Waals surface area contributed by atoms with Crippen LogP contribution in [0.5, 0.6) is 0 Å². The van der Waals surface area contributed by atoms with Gasteiger partial charge in [0.25, 0.3) is 0 Å². The number of aliphatic hydroxyl groups is 1. The summed E-state index contributed by atoms with van der Waals surface area (Å²) in [4.78, 5) is 4.20. The minimum absolute atomic E-state index is 0.340. The summed E-state index contributed by atoms with van der Waals surface area (Å²) in [6.07, 6.45) is 2.15. The molecule has 0 aromatic heterocycles. The van der Waals surface area contributed by atoms with Crippen molar-refractivity contribution in [1.29, 1.82) is 0 Å². The van der Waals surface area contributed by atoms with E-state index in [-0.39, 0.29) is 0 Å². The molecule has 3 aliphatic rings. The van der Waals surface area contributed by atoms with Crippen molar-refractivity contribution in [2.45, 2.75) is 18.4 Å². The summed E-state index contributed by atoms with van der Waals surface area (Å²) in [5.74, 6) is 0.340. The number of fused-ring (bicyclic) bond motifs is 3. The molecule has 1 aromatic rings. The smallest absolute Gasteiger partial charge is 0.131 e. The fraction of sp³-hybridized carbons (Fsp3) is 0.467. The van der Waals surface area contributed by atoms with E-state index in [4.69, 9.17) is 0 Å². The van der Waals surface area contributed by atoms with Crippen molar-refractivity contribution < 1.29 is 5.11 Å². The van der Waals surface area contributed by atoms with Crippen molar-refractivity contribution >= 4 is 22.6 Å². The van der Waals surface area contributed by atoms with Crippen LogP contribution in [0.1, 0.15) is 18.4 Å². The summed E-state index contributed by atoms with van der Waals surface area (Å²) < 4.78 is 0. The van der Waals surface area contributed by atoms with Gasteiger partial charge in [0.15, 0.2) is 0 Å². The zero-order chi connectivity index (χ0) is 13.2. The summed E-state index contributed by atoms with van der Waals surface area (Å²) in [6, 6.07) is 9.97. The monoisotopic (exact) mass is 357 g/mol. The first-order chi connectivity index (χ1) is 8.73. The average molecular weight is 357 g/mol. The van der Waals surface area contributed by atoms with E-state index in [9.17, 15) is 5.11 Å². The number of piperidine rings is 3. The van der Waals surface area contributed by atoms with Crippen LogP contribution in [0.4, 0.5) is 0 Å². The Balaban J connectivity index is 0.000000574. The molecule has 3 saturated heterocycles. The van der Waals surface area contributed by atoms with Gasteiger partial charge in [0.1, 0.15) is 5.60 Å². The number of benzene rings is 1. The van der Waals surface area contributed by atoms with E-state index < -0.39 is 5.60 Å². The van der Waals surface area contributed by atoms with Crippen molar-refractivity contribution in [2.75, 3.05) is 18.0 Å². The van der Waals surface area contributed by atoms with E-state index in [1.54, 1.807) is 0 Å². The molecule has 2 nitrogen and oxygen atoms in total. The average Bonchev–Trinajstić information content (AvgIpc) is 2.47. The largest absolute Gasteiger partial charge is 0.379 e. The molecule has 3 aliphatic heterocycles. The highest BCUT2D eigenvalue weighted by Crippen LogP contribution is 2.48. The Morgan fingerprint density at radius 1 is 1.22 bits per heavy atom. The topological polar surface area (TPSA) is 23.5 Å². The third kappa shape index (κ3) is 2.07. The van der Waals surface area contributed by atoms with E-state index in [1.165, 1.54) is 0 Å². The molecule has 98 valence electrons. The van der Waals surface area contributed by atoms with Crippen molar-refractivity contribution in [1.82, 2.24) is 4.90 Å². The maximum atomic E-state index is 11.0. The number of alkyl halides is 1. The van der Waals surface area contributed by atoms with Crippen molar-refractivity contribution in [3.8, 4) is 0 Å². The fourth-order valence-electron chi connectivity index (χ4n) is 3.14. The first kappa shape index (κ1) is 13.9. The molecule has 0 spiro atoms. The van der Waals surface area contributed by atoms with Crippen LogP contribution in [-0.4, -0.2) is 28.0 Å². The van der Waals surface area contributed by atoms with Crippen molar-refractivity contribution in [3.05, 3.63) is 48.2 Å². The molecule has 3 heteroatoms. The molecule has 0 saturated carbocycles. The Hall–Kier alpha value is -0.550. The number of rotatable bonds is 1. The molecule has 1 atom stereocenters. The lowest BCUT2D eigenvalue weighted by atomic mass is 9.70. The van der Waals surface area contributed by atoms with Gasteiger partial charge >= 0.3 is 0 Å². The van der Waals surface area contributed by atoms with Gasteiger partial charge in [0, 0.05) is 24.7 Å². The zero-order valence-corrected chi connectivity index (χ0v) is 12.9. The second kappa shape index (κ2) is 5.61. The van der Waals surface area contributed by atoms with Gasteiger partial charge in [-0.2, -0.15) is 0 Å². The molecule has 1 aromatic carbocycles. The van der Waals surface area contributed by atoms with Crippen LogP contribution in [0.25, 0.3) is 0 Å². The van der Waals surface area contributed by atoms with Crippen LogP contribution < -0.4 is 0 Å². The molecular weight excluding hydrogens is 337 g/mol. The van der Waals surface area contributed by atoms with Crippen LogP contribution in [-0.2, 0) is 5.60 Å². The van der Waals surface area contributed by atoms with Gasteiger partial charge in [0.2, 0.25) is 0 Å². The van der Waals surface area contributed by atoms with Gasteiger partial charge in [0.05, 0.1) is 0 Å². The second-order valence-corrected chi connectivity index (χ2v) is 4.84. The van der Waals surface area contributed by atoms with Crippen LogP contribution in [0, 0.1) is 5.92 Å². The molecule has 0 radical (unpaired) electrons. The first-order valence-corrected chi connectivity index (χ1v) is 8.48. The van der Waals surface area contributed by atoms with E-state index >= 15 is 0 Å². The molecule has 0 amide bonds. The Bertz CT molecular complexity index is 412. The molecule has 1 unspecified atom stereocenters. The number of nitrogens with zero attached hydrogens (tertiary/aromatic N) is 1. The summed E-state index contributed by atoms with van der Waals surface area (Å²) >= 11 is 2.15. The maximum Gasteiger partial charge on any atom is 0.131 e. The van der Waals surface area contributed by atoms with E-state index in [0.29, 0.717) is 5.92 Å². The highest BCUT2D eigenvalue weighted by atomic mass is 127. The Morgan fingerprint density at radius 2 is 1.78 bits per heavy atom. The molecule has 18 heavy (non-hydrogen) atoms. The van der Waals surface area contributed by atoms with Gasteiger partial charge < -0.3 is 10.0 Å². The number of hydrogen-bond donors (Lipinski definition) is 1. The molecule has 0 aliphatic carbocycles. The quantitative estimate of drug-likeness (QED) is 0.617. The number of hydrogen-bond acceptors (Lipinski definition) is 2. The van der Waals surface area contributed by atoms with Gasteiger partial charge in [-0.1, -0.05) is 59.5 Å². The SMILES string of the molecule is C=C1N2CCC(CC2)C1(O)c1ccccc1.CI. The first-order valence-electron chi connectivity index (χ1n) is 6.33. The molecule has 1 N–H and O–H groups in total. The molecule has 3 fully saturated rings. The predicted octanol–water partition coefficient (Wildman–Crippen LogP) is 3.16. The summed E-state index contributed by atoms with van der Waals surface area (Å²) in [6.45, 7) is 6.21. The van der Waals surface area contributed by atoms with Gasteiger partial charge in [-0.25, -0.2) is 0 Å². The Morgan fingerprint density at radius 3 is 2.28 bits per heavy atom. The standard InChI is InChI=1S/C14H17NO.CH3I/c1-11-14(16,12-5-3-2-4-6-12)13-7-9-15(11)10-8-13;1-2/h2-6,13,16H,1,7-10H2;1H3. The number of halogens is 1. The fourth-order valence-corrected chi connectivity index (χ4v) is 3.14. The zero-order valence-electron chi connectivity index (χ0n) is 10.8. The maximum absolute atomic E-state index is 11.0. The molecule has 4 rings (SSSR count). The Kier molecular flexibility index (Phi) is 4.33. The van der Waals surface area contributed by atoms with E-state index in [0.717, 1.165) is 37.2 Å². The minimum Gasteiger partial charge on any atom is -0.379 e. The molecule has 3 heterocycles. The second-order valence-electron chi connectivity index (χ2n) is 4.84. The van der Waals surface area contributed by atoms with Gasteiger partial charge in [-0.05, 0) is 23.3 Å². The molecule has 2 bridgehead atoms. The summed E-state index contributed by atoms with van der Waals surface area (Å²) in [5, 5.41) is 11.0. The van der Waals surface area contributed by atoms with Crippen molar-refractivity contribution in [3.63, 3.8) is 0 Å². The van der Waals surface area contributed by atoms with E-state index in [2.05, 4.69) is 34.1 Å². The normalized spacial score (nSPS) is 29.8. The van der Waals surface area contributed by atoms with Gasteiger partial charge in [-0.3, -0.25) is 0 Å². The highest BCUT2D eigenvalue weighted by Gasteiger charge is 2.49. The minimum atomic E-state index is -0.822. The van der Waals surface area contributed by atoms with Crippen LogP contribution >= 0.6 is 22.6 Å². The lowest BCUT2D eigenvalue weighted by Crippen LogP contribution is -2.54. The third-order valence-corrected chi connectivity index (χ3v) is 4.12. The molecular formula is C15H20INO. The highest BCUT2D eigenvalue weighted by molar-refractivity contribution is 14.1. The summed E-state index contributed by atoms with van der Waals surface area (Å²) in [7, 11) is 0. The van der Waals surface area contributed by atoms with E-state index in [1.807, 2.05) is 35.3 Å². The lowest BCUT2D eigenvalue weighted by molar-refractivity contribution is -0.0759. The van der Waals surface area contributed by atoms with Gasteiger partial charge in [-0.15, -0.1) is 0 Å². The predicted molar refractivity (Wildman–Crippen MR) is 83.7 cm³/mol. The third-order valence-electron chi connectivity index (χ3n) is 4.12.